The molecule has 1 rings (SSSR count). The van der Waals surface area contributed by atoms with Gasteiger partial charge in [0.05, 0.1) is 0 Å². The second-order valence-electron chi connectivity index (χ2n) is 4.85. The minimum Gasteiger partial charge on any atom is -0.368 e. The number of primary amides is 1. The molecule has 1 atom stereocenters. The highest BCUT2D eigenvalue weighted by molar-refractivity contribution is 7.12. The molecule has 1 aromatic heterocycles. The Morgan fingerprint density at radius 2 is 2.12 bits per heavy atom. The van der Waals surface area contributed by atoms with Crippen LogP contribution in [-0.4, -0.2) is 12.5 Å². The summed E-state index contributed by atoms with van der Waals surface area (Å²) in [6.07, 6.45) is 0. The van der Waals surface area contributed by atoms with Crippen molar-refractivity contribution in [2.75, 3.05) is 6.54 Å². The number of hydrogen-bond acceptors (Lipinski definition) is 3. The minimum absolute atomic E-state index is 0.122. The first-order chi connectivity index (χ1) is 7.36. The summed E-state index contributed by atoms with van der Waals surface area (Å²) in [5.74, 6) is -0.316. The Hall–Kier alpha value is -0.870. The van der Waals surface area contributed by atoms with Crippen LogP contribution in [-0.2, 0) is 10.2 Å². The van der Waals surface area contributed by atoms with Gasteiger partial charge in [0.25, 0.3) is 0 Å². The molecule has 4 heteroatoms. The lowest BCUT2D eigenvalue weighted by molar-refractivity contribution is -0.120. The van der Waals surface area contributed by atoms with Crippen molar-refractivity contribution in [1.29, 1.82) is 0 Å². The zero-order valence-corrected chi connectivity index (χ0v) is 11.1. The molecule has 0 fully saturated rings. The fourth-order valence-corrected chi connectivity index (χ4v) is 2.61. The third-order valence-corrected chi connectivity index (χ3v) is 3.92. The number of rotatable bonds is 4. The first-order valence-corrected chi connectivity index (χ1v) is 6.30. The van der Waals surface area contributed by atoms with E-state index in [2.05, 4.69) is 32.2 Å². The summed E-state index contributed by atoms with van der Waals surface area (Å²) >= 11 is 1.65. The third kappa shape index (κ3) is 3.06. The van der Waals surface area contributed by atoms with E-state index in [9.17, 15) is 4.79 Å². The SMILES string of the molecule is CCNC(C(N)=O)c1ccc(C(C)(C)C)s1. The quantitative estimate of drug-likeness (QED) is 0.847. The van der Waals surface area contributed by atoms with Crippen molar-refractivity contribution in [3.63, 3.8) is 0 Å². The van der Waals surface area contributed by atoms with Crippen LogP contribution in [0, 0.1) is 0 Å². The van der Waals surface area contributed by atoms with Crippen LogP contribution < -0.4 is 11.1 Å². The standard InChI is InChI=1S/C12H20N2OS/c1-5-14-10(11(13)15)8-6-7-9(16-8)12(2,3)4/h6-7,10,14H,5H2,1-4H3,(H2,13,15). The molecule has 0 saturated heterocycles. The predicted octanol–water partition coefficient (Wildman–Crippen LogP) is 2.18. The number of carbonyl (C=O) groups excluding carboxylic acids is 1. The van der Waals surface area contributed by atoms with E-state index < -0.39 is 0 Å². The molecule has 0 saturated carbocycles. The van der Waals surface area contributed by atoms with Gasteiger partial charge in [-0.05, 0) is 24.1 Å². The molecule has 0 aromatic carbocycles. The van der Waals surface area contributed by atoms with E-state index in [1.165, 1.54) is 4.88 Å². The molecular weight excluding hydrogens is 220 g/mol. The van der Waals surface area contributed by atoms with E-state index in [0.717, 1.165) is 11.4 Å². The van der Waals surface area contributed by atoms with E-state index in [1.54, 1.807) is 11.3 Å². The van der Waals surface area contributed by atoms with Crippen molar-refractivity contribution < 1.29 is 4.79 Å². The molecule has 90 valence electrons. The van der Waals surface area contributed by atoms with Crippen molar-refractivity contribution in [3.8, 4) is 0 Å². The fourth-order valence-electron chi connectivity index (χ4n) is 1.46. The highest BCUT2D eigenvalue weighted by atomic mass is 32.1. The lowest BCUT2D eigenvalue weighted by atomic mass is 9.95. The van der Waals surface area contributed by atoms with Crippen molar-refractivity contribution in [2.24, 2.45) is 5.73 Å². The Labute approximate surface area is 101 Å². The van der Waals surface area contributed by atoms with Crippen LogP contribution in [0.1, 0.15) is 43.5 Å². The predicted molar refractivity (Wildman–Crippen MR) is 68.6 cm³/mol. The van der Waals surface area contributed by atoms with Gasteiger partial charge >= 0.3 is 0 Å². The molecule has 0 aliphatic carbocycles. The van der Waals surface area contributed by atoms with Gasteiger partial charge in [0, 0.05) is 9.75 Å². The van der Waals surface area contributed by atoms with E-state index in [-0.39, 0.29) is 17.4 Å². The number of amides is 1. The van der Waals surface area contributed by atoms with Gasteiger partial charge in [-0.15, -0.1) is 11.3 Å². The highest BCUT2D eigenvalue weighted by Gasteiger charge is 2.22. The van der Waals surface area contributed by atoms with Crippen molar-refractivity contribution in [1.82, 2.24) is 5.32 Å². The first-order valence-electron chi connectivity index (χ1n) is 5.49. The van der Waals surface area contributed by atoms with Gasteiger partial charge in [0.1, 0.15) is 6.04 Å². The monoisotopic (exact) mass is 240 g/mol. The normalized spacial score (nSPS) is 13.8. The fraction of sp³-hybridized carbons (Fsp3) is 0.583. The molecule has 1 unspecified atom stereocenters. The number of hydrogen-bond donors (Lipinski definition) is 2. The molecule has 16 heavy (non-hydrogen) atoms. The highest BCUT2D eigenvalue weighted by Crippen LogP contribution is 2.32. The van der Waals surface area contributed by atoms with Gasteiger partial charge in [-0.2, -0.15) is 0 Å². The van der Waals surface area contributed by atoms with Gasteiger partial charge in [0.15, 0.2) is 0 Å². The maximum atomic E-state index is 11.3. The molecule has 1 amide bonds. The number of carbonyl (C=O) groups is 1. The zero-order valence-electron chi connectivity index (χ0n) is 10.3. The van der Waals surface area contributed by atoms with Crippen LogP contribution >= 0.6 is 11.3 Å². The number of thiophene rings is 1. The lowest BCUT2D eigenvalue weighted by Crippen LogP contribution is -2.32. The molecule has 0 radical (unpaired) electrons. The minimum atomic E-state index is -0.355. The summed E-state index contributed by atoms with van der Waals surface area (Å²) in [5.41, 5.74) is 5.50. The number of nitrogens with two attached hydrogens (primary N) is 1. The average molecular weight is 240 g/mol. The molecule has 0 aliphatic heterocycles. The summed E-state index contributed by atoms with van der Waals surface area (Å²) in [5, 5.41) is 3.10. The lowest BCUT2D eigenvalue weighted by Gasteiger charge is -2.16. The average Bonchev–Trinajstić information content (AvgIpc) is 2.61. The van der Waals surface area contributed by atoms with Gasteiger partial charge in [0.2, 0.25) is 5.91 Å². The van der Waals surface area contributed by atoms with Gasteiger partial charge in [-0.25, -0.2) is 0 Å². The molecule has 1 aromatic rings. The summed E-state index contributed by atoms with van der Waals surface area (Å²) in [6, 6.07) is 3.71. The van der Waals surface area contributed by atoms with Crippen LogP contribution in [0.5, 0.6) is 0 Å². The summed E-state index contributed by atoms with van der Waals surface area (Å²) in [4.78, 5) is 13.6. The Bertz CT molecular complexity index is 365. The number of nitrogens with one attached hydrogen (secondary N) is 1. The molecule has 1 heterocycles. The van der Waals surface area contributed by atoms with Gasteiger partial charge < -0.3 is 11.1 Å². The summed E-state index contributed by atoms with van der Waals surface area (Å²) in [6.45, 7) is 9.18. The Balaban J connectivity index is 2.95. The Morgan fingerprint density at radius 3 is 2.50 bits per heavy atom. The summed E-state index contributed by atoms with van der Waals surface area (Å²) in [7, 11) is 0. The molecule has 0 bridgehead atoms. The van der Waals surface area contributed by atoms with E-state index in [0.29, 0.717) is 0 Å². The largest absolute Gasteiger partial charge is 0.368 e. The smallest absolute Gasteiger partial charge is 0.239 e. The molecule has 3 nitrogen and oxygen atoms in total. The second kappa shape index (κ2) is 4.97. The van der Waals surface area contributed by atoms with Crippen LogP contribution in [0.25, 0.3) is 0 Å². The number of likely N-dealkylation sites (N-methyl/N-ethyl adjacent to an activating group) is 1. The van der Waals surface area contributed by atoms with Gasteiger partial charge in [-0.1, -0.05) is 27.7 Å². The van der Waals surface area contributed by atoms with Gasteiger partial charge in [-0.3, -0.25) is 4.79 Å². The first kappa shape index (κ1) is 13.2. The van der Waals surface area contributed by atoms with E-state index in [4.69, 9.17) is 5.73 Å². The van der Waals surface area contributed by atoms with Crippen molar-refractivity contribution in [3.05, 3.63) is 21.9 Å². The van der Waals surface area contributed by atoms with Crippen molar-refractivity contribution >= 4 is 17.2 Å². The molecule has 0 aliphatic rings. The van der Waals surface area contributed by atoms with Crippen LogP contribution in [0.2, 0.25) is 0 Å². The van der Waals surface area contributed by atoms with Crippen molar-refractivity contribution in [2.45, 2.75) is 39.2 Å². The van der Waals surface area contributed by atoms with Crippen LogP contribution in [0.15, 0.2) is 12.1 Å². The maximum absolute atomic E-state index is 11.3. The maximum Gasteiger partial charge on any atom is 0.239 e. The molecular formula is C12H20N2OS. The summed E-state index contributed by atoms with van der Waals surface area (Å²) < 4.78 is 0. The molecule has 3 N–H and O–H groups in total. The van der Waals surface area contributed by atoms with Crippen LogP contribution in [0.4, 0.5) is 0 Å². The topological polar surface area (TPSA) is 55.1 Å². The Morgan fingerprint density at radius 1 is 1.50 bits per heavy atom. The molecule has 0 spiro atoms. The second-order valence-corrected chi connectivity index (χ2v) is 5.96. The zero-order chi connectivity index (χ0) is 12.3. The Kier molecular flexibility index (Phi) is 4.10. The van der Waals surface area contributed by atoms with E-state index in [1.807, 2.05) is 13.0 Å². The van der Waals surface area contributed by atoms with E-state index >= 15 is 0 Å². The van der Waals surface area contributed by atoms with Crippen LogP contribution in [0.3, 0.4) is 0 Å². The third-order valence-electron chi connectivity index (χ3n) is 2.34.